The minimum Gasteiger partial charge on any atom is -0.324 e. The smallest absolute Gasteiger partial charge is 0.167 e. The van der Waals surface area contributed by atoms with Crippen molar-refractivity contribution in [1.29, 1.82) is 0 Å². The van der Waals surface area contributed by atoms with Crippen molar-refractivity contribution in [2.75, 3.05) is 12.5 Å². The molecule has 0 atom stereocenters. The highest BCUT2D eigenvalue weighted by molar-refractivity contribution is 8.15. The predicted octanol–water partition coefficient (Wildman–Crippen LogP) is 0.424. The summed E-state index contributed by atoms with van der Waals surface area (Å²) in [5.41, 5.74) is 0. The second-order valence-electron chi connectivity index (χ2n) is 1.71. The van der Waals surface area contributed by atoms with Gasteiger partial charge in [-0.25, -0.2) is 0 Å². The molecule has 1 heterocycles. The first-order valence-electron chi connectivity index (χ1n) is 2.34. The standard InChI is InChI=1S/C4H9N3S/c1-8(2)4-5-3-6-7-4/h3,8H,1-2H3,(H,5,6,7). The Morgan fingerprint density at radius 3 is 2.62 bits per heavy atom. The Morgan fingerprint density at radius 1 is 1.62 bits per heavy atom. The largest absolute Gasteiger partial charge is 0.324 e. The summed E-state index contributed by atoms with van der Waals surface area (Å²) in [5, 5.41) is 8.51. The van der Waals surface area contributed by atoms with Crippen molar-refractivity contribution in [3.63, 3.8) is 0 Å². The number of aromatic amines is 1. The van der Waals surface area contributed by atoms with Gasteiger partial charge in [0.05, 0.1) is 0 Å². The van der Waals surface area contributed by atoms with Crippen LogP contribution in [0.25, 0.3) is 0 Å². The Balaban J connectivity index is 2.77. The molecule has 0 fully saturated rings. The number of hydrogen-bond donors (Lipinski definition) is 2. The minimum atomic E-state index is -0.0877. The van der Waals surface area contributed by atoms with Crippen LogP contribution in [0, 0.1) is 0 Å². The first kappa shape index (κ1) is 5.62. The highest BCUT2D eigenvalue weighted by Crippen LogP contribution is 2.21. The third-order valence-electron chi connectivity index (χ3n) is 0.827. The highest BCUT2D eigenvalue weighted by atomic mass is 32.2. The van der Waals surface area contributed by atoms with Gasteiger partial charge < -0.3 is 4.98 Å². The fourth-order valence-corrected chi connectivity index (χ4v) is 0.964. The summed E-state index contributed by atoms with van der Waals surface area (Å²) in [7, 11) is -0.0877. The van der Waals surface area contributed by atoms with Gasteiger partial charge in [-0.2, -0.15) is 10.9 Å². The second-order valence-corrected chi connectivity index (χ2v) is 3.92. The molecule has 0 saturated heterocycles. The Kier molecular flexibility index (Phi) is 1.53. The van der Waals surface area contributed by atoms with Gasteiger partial charge in [-0.1, -0.05) is 0 Å². The lowest BCUT2D eigenvalue weighted by Gasteiger charge is -1.99. The average Bonchev–Trinajstić information content (AvgIpc) is 2.12. The van der Waals surface area contributed by atoms with Crippen LogP contribution in [0.2, 0.25) is 0 Å². The van der Waals surface area contributed by atoms with Crippen molar-refractivity contribution in [2.24, 2.45) is 0 Å². The molecule has 3 nitrogen and oxygen atoms in total. The second kappa shape index (κ2) is 2.17. The van der Waals surface area contributed by atoms with E-state index in [9.17, 15) is 0 Å². The SMILES string of the molecule is C[SH](C)c1nnc[nH]1. The van der Waals surface area contributed by atoms with Gasteiger partial charge in [-0.05, 0) is 12.5 Å². The highest BCUT2D eigenvalue weighted by Gasteiger charge is 1.93. The first-order chi connectivity index (χ1) is 3.80. The molecule has 0 aromatic carbocycles. The van der Waals surface area contributed by atoms with Gasteiger partial charge >= 0.3 is 0 Å². The molecule has 8 heavy (non-hydrogen) atoms. The molecule has 1 N–H and O–H groups in total. The lowest BCUT2D eigenvalue weighted by atomic mass is 11.3. The normalized spacial score (nSPS) is 11.5. The van der Waals surface area contributed by atoms with Crippen LogP contribution in [0.1, 0.15) is 0 Å². The molecule has 1 aromatic heterocycles. The van der Waals surface area contributed by atoms with E-state index >= 15 is 0 Å². The van der Waals surface area contributed by atoms with E-state index in [0.29, 0.717) is 0 Å². The zero-order chi connectivity index (χ0) is 5.98. The molecular formula is C4H9N3S. The summed E-state index contributed by atoms with van der Waals surface area (Å²) >= 11 is 0. The molecule has 0 saturated carbocycles. The van der Waals surface area contributed by atoms with Crippen LogP contribution in [0.4, 0.5) is 0 Å². The lowest BCUT2D eigenvalue weighted by molar-refractivity contribution is 0.972. The van der Waals surface area contributed by atoms with Gasteiger partial charge in [0.15, 0.2) is 5.16 Å². The van der Waals surface area contributed by atoms with Crippen LogP contribution >= 0.6 is 10.9 Å². The molecule has 1 rings (SSSR count). The summed E-state index contributed by atoms with van der Waals surface area (Å²) in [6, 6.07) is 0. The maximum Gasteiger partial charge on any atom is 0.167 e. The fraction of sp³-hybridized carbons (Fsp3) is 0.500. The van der Waals surface area contributed by atoms with Crippen LogP contribution < -0.4 is 0 Å². The molecule has 0 amide bonds. The van der Waals surface area contributed by atoms with Crippen molar-refractivity contribution in [1.82, 2.24) is 15.2 Å². The molecule has 0 aliphatic carbocycles. The summed E-state index contributed by atoms with van der Waals surface area (Å²) in [4.78, 5) is 2.94. The number of hydrogen-bond acceptors (Lipinski definition) is 2. The summed E-state index contributed by atoms with van der Waals surface area (Å²) in [6.45, 7) is 0. The van der Waals surface area contributed by atoms with Gasteiger partial charge in [-0.3, -0.25) is 0 Å². The number of nitrogens with one attached hydrogen (secondary N) is 1. The van der Waals surface area contributed by atoms with Crippen LogP contribution in [-0.2, 0) is 0 Å². The quantitative estimate of drug-likeness (QED) is 0.542. The van der Waals surface area contributed by atoms with Crippen molar-refractivity contribution in [3.05, 3.63) is 6.33 Å². The summed E-state index contributed by atoms with van der Waals surface area (Å²) < 4.78 is 0. The molecule has 4 heteroatoms. The third kappa shape index (κ3) is 1.01. The predicted molar refractivity (Wildman–Crippen MR) is 35.5 cm³/mol. The average molecular weight is 131 g/mol. The number of aromatic nitrogens is 3. The monoisotopic (exact) mass is 131 g/mol. The maximum absolute atomic E-state index is 3.84. The molecule has 0 bridgehead atoms. The number of H-pyrrole nitrogens is 1. The Bertz CT molecular complexity index is 146. The third-order valence-corrected chi connectivity index (χ3v) is 1.89. The lowest BCUT2D eigenvalue weighted by Crippen LogP contribution is -1.79. The zero-order valence-electron chi connectivity index (χ0n) is 4.92. The minimum absolute atomic E-state index is 0.0877. The van der Waals surface area contributed by atoms with E-state index in [0.717, 1.165) is 5.16 Å². The molecule has 0 spiro atoms. The van der Waals surface area contributed by atoms with Gasteiger partial charge in [0.1, 0.15) is 6.33 Å². The summed E-state index contributed by atoms with van der Waals surface area (Å²) in [6.07, 6.45) is 5.88. The molecule has 0 unspecified atom stereocenters. The number of rotatable bonds is 1. The van der Waals surface area contributed by atoms with Gasteiger partial charge in [0.25, 0.3) is 0 Å². The van der Waals surface area contributed by atoms with Crippen LogP contribution in [-0.4, -0.2) is 27.7 Å². The van der Waals surface area contributed by atoms with E-state index in [1.54, 1.807) is 6.33 Å². The van der Waals surface area contributed by atoms with Crippen molar-refractivity contribution in [3.8, 4) is 0 Å². The zero-order valence-corrected chi connectivity index (χ0v) is 5.81. The Labute approximate surface area is 50.9 Å². The Morgan fingerprint density at radius 2 is 2.38 bits per heavy atom. The van der Waals surface area contributed by atoms with E-state index in [2.05, 4.69) is 27.7 Å². The van der Waals surface area contributed by atoms with E-state index in [-0.39, 0.29) is 10.9 Å². The van der Waals surface area contributed by atoms with E-state index < -0.39 is 0 Å². The van der Waals surface area contributed by atoms with E-state index in [1.807, 2.05) is 0 Å². The van der Waals surface area contributed by atoms with Gasteiger partial charge in [0.2, 0.25) is 0 Å². The van der Waals surface area contributed by atoms with Crippen LogP contribution in [0.3, 0.4) is 0 Å². The van der Waals surface area contributed by atoms with E-state index in [4.69, 9.17) is 0 Å². The van der Waals surface area contributed by atoms with Gasteiger partial charge in [-0.15, -0.1) is 10.2 Å². The van der Waals surface area contributed by atoms with Crippen LogP contribution in [0.5, 0.6) is 0 Å². The Hall–Kier alpha value is -0.510. The van der Waals surface area contributed by atoms with Crippen LogP contribution in [0.15, 0.2) is 11.5 Å². The topological polar surface area (TPSA) is 41.6 Å². The fourth-order valence-electron chi connectivity index (χ4n) is 0.418. The van der Waals surface area contributed by atoms with Crippen molar-refractivity contribution in [2.45, 2.75) is 5.16 Å². The first-order valence-corrected chi connectivity index (χ1v) is 4.57. The molecule has 0 aliphatic heterocycles. The van der Waals surface area contributed by atoms with Gasteiger partial charge in [0, 0.05) is 0 Å². The van der Waals surface area contributed by atoms with Crippen molar-refractivity contribution >= 4 is 10.9 Å². The molecule has 46 valence electrons. The number of nitrogens with zero attached hydrogens (tertiary/aromatic N) is 2. The van der Waals surface area contributed by atoms with E-state index in [1.165, 1.54) is 0 Å². The molecule has 0 radical (unpaired) electrons. The number of thiol groups is 1. The van der Waals surface area contributed by atoms with Crippen molar-refractivity contribution < 1.29 is 0 Å². The molecule has 1 aromatic rings. The molecular weight excluding hydrogens is 122 g/mol. The summed E-state index contributed by atoms with van der Waals surface area (Å²) in [5.74, 6) is 0. The molecule has 0 aliphatic rings. The maximum atomic E-state index is 3.84.